The van der Waals surface area contributed by atoms with Gasteiger partial charge in [0.15, 0.2) is 11.5 Å². The molecule has 0 N–H and O–H groups in total. The molecule has 5 nitrogen and oxygen atoms in total. The molecule has 3 aromatic rings. The number of amides is 1. The molecule has 1 amide bonds. The van der Waals surface area contributed by atoms with Gasteiger partial charge in [0.25, 0.3) is 5.91 Å². The molecule has 1 fully saturated rings. The number of hydrogen-bond acceptors (Lipinski definition) is 3. The van der Waals surface area contributed by atoms with Crippen LogP contribution < -0.4 is 0 Å². The smallest absolute Gasteiger partial charge is 0.282 e. The molecule has 0 radical (unpaired) electrons. The minimum atomic E-state index is -0.967. The Labute approximate surface area is 154 Å². The van der Waals surface area contributed by atoms with Crippen molar-refractivity contribution in [3.05, 3.63) is 72.1 Å². The Kier molecular flexibility index (Phi) is 4.27. The van der Waals surface area contributed by atoms with E-state index in [2.05, 4.69) is 16.7 Å². The first-order valence-corrected chi connectivity index (χ1v) is 8.44. The predicted molar refractivity (Wildman–Crippen MR) is 98.7 cm³/mol. The highest BCUT2D eigenvalue weighted by Crippen LogP contribution is 2.28. The largest absolute Gasteiger partial charge is 0.332 e. The maximum absolute atomic E-state index is 13.8. The molecule has 7 heteroatoms. The van der Waals surface area contributed by atoms with Crippen LogP contribution in [-0.2, 0) is 4.79 Å². The average molecular weight is 366 g/mol. The summed E-state index contributed by atoms with van der Waals surface area (Å²) in [6.45, 7) is 3.72. The van der Waals surface area contributed by atoms with Gasteiger partial charge in [0, 0.05) is 30.2 Å². The number of carbonyl (C=O) groups excluding carboxylic acids is 1. The van der Waals surface area contributed by atoms with E-state index >= 15 is 0 Å². The van der Waals surface area contributed by atoms with Gasteiger partial charge >= 0.3 is 0 Å². The number of hydrogen-bond donors (Lipinski definition) is 0. The third-order valence-electron chi connectivity index (χ3n) is 4.55. The monoisotopic (exact) mass is 366 g/mol. The van der Waals surface area contributed by atoms with Crippen molar-refractivity contribution in [2.75, 3.05) is 13.1 Å². The van der Waals surface area contributed by atoms with E-state index < -0.39 is 11.7 Å². The molecule has 4 rings (SSSR count). The van der Waals surface area contributed by atoms with Gasteiger partial charge in [-0.2, -0.15) is 5.10 Å². The molecule has 136 valence electrons. The summed E-state index contributed by atoms with van der Waals surface area (Å²) in [5.74, 6) is -1.98. The molecule has 3 heterocycles. The van der Waals surface area contributed by atoms with Crippen LogP contribution in [0.2, 0.25) is 0 Å². The van der Waals surface area contributed by atoms with E-state index in [1.807, 2.05) is 6.07 Å². The number of carbonyl (C=O) groups is 1. The van der Waals surface area contributed by atoms with E-state index in [4.69, 9.17) is 0 Å². The molecule has 0 bridgehead atoms. The number of rotatable bonds is 4. The van der Waals surface area contributed by atoms with Gasteiger partial charge in [0.2, 0.25) is 0 Å². The highest BCUT2D eigenvalue weighted by atomic mass is 19.1. The SMILES string of the molecule is C=C(F)C(=O)N1CC(n2nc(/C=C/c3ccccc3F)c3cccnc32)C1. The molecule has 27 heavy (non-hydrogen) atoms. The summed E-state index contributed by atoms with van der Waals surface area (Å²) in [4.78, 5) is 17.4. The molecule has 0 unspecified atom stereocenters. The van der Waals surface area contributed by atoms with E-state index in [9.17, 15) is 13.6 Å². The van der Waals surface area contributed by atoms with Gasteiger partial charge in [-0.15, -0.1) is 0 Å². The topological polar surface area (TPSA) is 51.0 Å². The van der Waals surface area contributed by atoms with Gasteiger partial charge in [-0.3, -0.25) is 4.79 Å². The molecule has 1 aliphatic rings. The summed E-state index contributed by atoms with van der Waals surface area (Å²) in [6, 6.07) is 10.1. The number of halogens is 2. The van der Waals surface area contributed by atoms with Gasteiger partial charge in [-0.1, -0.05) is 24.8 Å². The lowest BCUT2D eigenvalue weighted by Crippen LogP contribution is -2.51. The second-order valence-corrected chi connectivity index (χ2v) is 6.33. The molecular formula is C20H16F2N4O. The lowest BCUT2D eigenvalue weighted by atomic mass is 10.1. The van der Waals surface area contributed by atoms with Crippen LogP contribution in [0.5, 0.6) is 0 Å². The number of fused-ring (bicyclic) bond motifs is 1. The van der Waals surface area contributed by atoms with Crippen LogP contribution in [0.25, 0.3) is 23.2 Å². The van der Waals surface area contributed by atoms with Gasteiger partial charge in [0.05, 0.1) is 11.7 Å². The van der Waals surface area contributed by atoms with Gasteiger partial charge in [-0.25, -0.2) is 18.4 Å². The Hall–Kier alpha value is -3.35. The van der Waals surface area contributed by atoms with Gasteiger partial charge in [0.1, 0.15) is 5.82 Å². The Bertz CT molecular complexity index is 1070. The van der Waals surface area contributed by atoms with Crippen LogP contribution in [0.4, 0.5) is 8.78 Å². The molecule has 0 spiro atoms. The molecule has 0 saturated carbocycles. The Balaban J connectivity index is 1.64. The molecule has 2 aromatic heterocycles. The molecule has 0 atom stereocenters. The van der Waals surface area contributed by atoms with Crippen molar-refractivity contribution in [1.29, 1.82) is 0 Å². The average Bonchev–Trinajstić information content (AvgIpc) is 2.98. The molecule has 1 aromatic carbocycles. The van der Waals surface area contributed by atoms with Crippen molar-refractivity contribution >= 4 is 29.1 Å². The summed E-state index contributed by atoms with van der Waals surface area (Å²) in [6.07, 6.45) is 5.07. The van der Waals surface area contributed by atoms with E-state index in [0.717, 1.165) is 5.39 Å². The summed E-state index contributed by atoms with van der Waals surface area (Å²) >= 11 is 0. The number of pyridine rings is 1. The first-order valence-electron chi connectivity index (χ1n) is 8.44. The van der Waals surface area contributed by atoms with Crippen molar-refractivity contribution in [2.24, 2.45) is 0 Å². The van der Waals surface area contributed by atoms with E-state index in [0.29, 0.717) is 30.0 Å². The Morgan fingerprint density at radius 3 is 2.70 bits per heavy atom. The standard InChI is InChI=1S/C20H16F2N4O/c1-13(21)20(27)25-11-15(12-25)26-19-16(6-4-10-23-19)18(24-26)9-8-14-5-2-3-7-17(14)22/h2-10,15H,1,11-12H2/b9-8+. The maximum atomic E-state index is 13.8. The fourth-order valence-electron chi connectivity index (χ4n) is 3.10. The maximum Gasteiger partial charge on any atom is 0.282 e. The van der Waals surface area contributed by atoms with Crippen molar-refractivity contribution in [2.45, 2.75) is 6.04 Å². The first-order chi connectivity index (χ1) is 13.0. The normalized spacial score (nSPS) is 14.7. The lowest BCUT2D eigenvalue weighted by Gasteiger charge is -2.38. The molecular weight excluding hydrogens is 350 g/mol. The zero-order chi connectivity index (χ0) is 19.0. The highest BCUT2D eigenvalue weighted by Gasteiger charge is 2.35. The molecule has 1 saturated heterocycles. The van der Waals surface area contributed by atoms with Crippen LogP contribution in [0.15, 0.2) is 55.0 Å². The second-order valence-electron chi connectivity index (χ2n) is 6.33. The molecule has 1 aliphatic heterocycles. The van der Waals surface area contributed by atoms with E-state index in [1.54, 1.807) is 47.3 Å². The van der Waals surface area contributed by atoms with Crippen molar-refractivity contribution < 1.29 is 13.6 Å². The number of likely N-dealkylation sites (tertiary alicyclic amines) is 1. The van der Waals surface area contributed by atoms with Crippen LogP contribution >= 0.6 is 0 Å². The number of benzene rings is 1. The zero-order valence-electron chi connectivity index (χ0n) is 14.3. The minimum absolute atomic E-state index is 0.0960. The van der Waals surface area contributed by atoms with Crippen LogP contribution in [0, 0.1) is 5.82 Å². The van der Waals surface area contributed by atoms with Crippen LogP contribution in [-0.4, -0.2) is 38.7 Å². The summed E-state index contributed by atoms with van der Waals surface area (Å²) in [5.41, 5.74) is 1.79. The fraction of sp³-hybridized carbons (Fsp3) is 0.150. The quantitative estimate of drug-likeness (QED) is 0.663. The fourth-order valence-corrected chi connectivity index (χ4v) is 3.10. The van der Waals surface area contributed by atoms with Crippen molar-refractivity contribution in [3.8, 4) is 0 Å². The minimum Gasteiger partial charge on any atom is -0.332 e. The summed E-state index contributed by atoms with van der Waals surface area (Å²) in [7, 11) is 0. The number of aromatic nitrogens is 3. The van der Waals surface area contributed by atoms with Crippen LogP contribution in [0.3, 0.4) is 0 Å². The summed E-state index contributed by atoms with van der Waals surface area (Å²) in [5, 5.41) is 5.41. The first kappa shape index (κ1) is 17.1. The summed E-state index contributed by atoms with van der Waals surface area (Å²) < 4.78 is 28.5. The Morgan fingerprint density at radius 2 is 1.96 bits per heavy atom. The predicted octanol–water partition coefficient (Wildman–Crippen LogP) is 3.61. The van der Waals surface area contributed by atoms with E-state index in [1.165, 1.54) is 11.0 Å². The number of nitrogens with zero attached hydrogens (tertiary/aromatic N) is 4. The Morgan fingerprint density at radius 1 is 1.19 bits per heavy atom. The third kappa shape index (κ3) is 3.12. The second kappa shape index (κ2) is 6.75. The highest BCUT2D eigenvalue weighted by molar-refractivity contribution is 5.91. The van der Waals surface area contributed by atoms with Gasteiger partial charge < -0.3 is 4.90 Å². The van der Waals surface area contributed by atoms with E-state index in [-0.39, 0.29) is 11.9 Å². The van der Waals surface area contributed by atoms with Crippen molar-refractivity contribution in [3.63, 3.8) is 0 Å². The molecule has 0 aliphatic carbocycles. The zero-order valence-corrected chi connectivity index (χ0v) is 14.3. The lowest BCUT2D eigenvalue weighted by molar-refractivity contribution is -0.134. The third-order valence-corrected chi connectivity index (χ3v) is 4.55. The van der Waals surface area contributed by atoms with Gasteiger partial charge in [-0.05, 0) is 30.4 Å². The van der Waals surface area contributed by atoms with Crippen molar-refractivity contribution in [1.82, 2.24) is 19.7 Å². The van der Waals surface area contributed by atoms with Crippen LogP contribution in [0.1, 0.15) is 17.3 Å².